The topological polar surface area (TPSA) is 24.1 Å². The van der Waals surface area contributed by atoms with Gasteiger partial charge in [0.25, 0.3) is 0 Å². The van der Waals surface area contributed by atoms with E-state index in [1.54, 1.807) is 0 Å². The van der Waals surface area contributed by atoms with Gasteiger partial charge in [-0.1, -0.05) is 0 Å². The van der Waals surface area contributed by atoms with Crippen LogP contribution in [0.15, 0.2) is 0 Å². The summed E-state index contributed by atoms with van der Waals surface area (Å²) in [7, 11) is 0. The molecular weight excluding hydrogens is 414 g/mol. The van der Waals surface area contributed by atoms with Crippen LogP contribution in [0.2, 0.25) is 0 Å². The van der Waals surface area contributed by atoms with Gasteiger partial charge >= 0.3 is 36.0 Å². The minimum atomic E-state index is -6.58. The lowest BCUT2D eigenvalue weighted by Gasteiger charge is -2.29. The molecule has 0 aromatic rings. The maximum absolute atomic E-state index is 12.8. The van der Waals surface area contributed by atoms with Gasteiger partial charge in [0.2, 0.25) is 0 Å². The fraction of sp³-hybridized carbons (Fsp3) is 1.00. The number of halogens is 14. The molecule has 0 amide bonds. The first kappa shape index (κ1) is 24.9. The van der Waals surface area contributed by atoms with Crippen molar-refractivity contribution < 1.29 is 61.5 Å². The van der Waals surface area contributed by atoms with Crippen molar-refractivity contribution in [1.82, 2.24) is 10.6 Å². The average molecular weight is 424 g/mol. The van der Waals surface area contributed by atoms with Crippen LogP contribution in [-0.2, 0) is 0 Å². The van der Waals surface area contributed by atoms with Crippen LogP contribution in [0.1, 0.15) is 0 Å². The first-order valence-corrected chi connectivity index (χ1v) is 6.27. The summed E-state index contributed by atoms with van der Waals surface area (Å²) in [4.78, 5) is 0. The van der Waals surface area contributed by atoms with E-state index in [0.29, 0.717) is 0 Å². The van der Waals surface area contributed by atoms with Crippen molar-refractivity contribution in [2.24, 2.45) is 0 Å². The third-order valence-corrected chi connectivity index (χ3v) is 2.80. The third-order valence-electron chi connectivity index (χ3n) is 2.80. The molecule has 2 nitrogen and oxygen atoms in total. The molecule has 0 radical (unpaired) electrons. The van der Waals surface area contributed by atoms with E-state index in [9.17, 15) is 61.5 Å². The summed E-state index contributed by atoms with van der Waals surface area (Å²) in [5.41, 5.74) is 0. The van der Waals surface area contributed by atoms with Crippen molar-refractivity contribution in [1.29, 1.82) is 0 Å². The van der Waals surface area contributed by atoms with E-state index in [1.807, 2.05) is 0 Å². The average Bonchev–Trinajstić information content (AvgIpc) is 2.39. The maximum Gasteiger partial charge on any atom is 0.459 e. The molecule has 2 N–H and O–H groups in total. The second-order valence-corrected chi connectivity index (χ2v) is 4.91. The van der Waals surface area contributed by atoms with E-state index in [4.69, 9.17) is 0 Å². The lowest BCUT2D eigenvalue weighted by Crippen LogP contribution is -2.57. The van der Waals surface area contributed by atoms with Crippen molar-refractivity contribution in [3.63, 3.8) is 0 Å². The molecule has 0 aliphatic rings. The van der Waals surface area contributed by atoms with E-state index < -0.39 is 62.2 Å². The molecule has 0 unspecified atom stereocenters. The van der Waals surface area contributed by atoms with Crippen molar-refractivity contribution >= 4 is 0 Å². The molecule has 26 heavy (non-hydrogen) atoms. The maximum atomic E-state index is 12.8. The van der Waals surface area contributed by atoms with Crippen molar-refractivity contribution in [3.05, 3.63) is 0 Å². The predicted molar refractivity (Wildman–Crippen MR) is 57.6 cm³/mol. The molecule has 0 spiro atoms. The van der Waals surface area contributed by atoms with Crippen LogP contribution in [0.4, 0.5) is 61.5 Å². The van der Waals surface area contributed by atoms with Gasteiger partial charge in [0, 0.05) is 13.1 Å². The molecule has 0 atom stereocenters. The normalized spacial score (nSPS) is 15.5. The lowest BCUT2D eigenvalue weighted by atomic mass is 10.1. The van der Waals surface area contributed by atoms with E-state index in [2.05, 4.69) is 0 Å². The van der Waals surface area contributed by atoms with Crippen LogP contribution in [0.25, 0.3) is 0 Å². The standard InChI is InChI=1S/C10H10F14N2/c11-5(12,7(15,16)9(19,20)21)3-25-1-2-26-4-6(13,14)8(17,18)10(22,23)24/h25-26H,1-4H2. The van der Waals surface area contributed by atoms with E-state index >= 15 is 0 Å². The zero-order valence-corrected chi connectivity index (χ0v) is 12.1. The second-order valence-electron chi connectivity index (χ2n) is 4.91. The molecule has 0 saturated heterocycles. The van der Waals surface area contributed by atoms with Crippen molar-refractivity contribution in [3.8, 4) is 0 Å². The van der Waals surface area contributed by atoms with Crippen LogP contribution >= 0.6 is 0 Å². The Balaban J connectivity index is 4.46. The van der Waals surface area contributed by atoms with Crippen LogP contribution in [0.5, 0.6) is 0 Å². The molecule has 0 bridgehead atoms. The molecule has 0 saturated carbocycles. The van der Waals surface area contributed by atoms with E-state index in [0.717, 1.165) is 0 Å². The van der Waals surface area contributed by atoms with Crippen molar-refractivity contribution in [2.45, 2.75) is 36.0 Å². The molecule has 16 heteroatoms. The first-order chi connectivity index (χ1) is 11.2. The molecule has 158 valence electrons. The molecule has 0 aliphatic heterocycles. The lowest BCUT2D eigenvalue weighted by molar-refractivity contribution is -0.353. The Bertz CT molecular complexity index is 410. The Morgan fingerprint density at radius 2 is 0.654 bits per heavy atom. The van der Waals surface area contributed by atoms with Crippen LogP contribution in [0, 0.1) is 0 Å². The van der Waals surface area contributed by atoms with E-state index in [-0.39, 0.29) is 0 Å². The van der Waals surface area contributed by atoms with Crippen LogP contribution < -0.4 is 10.6 Å². The van der Waals surface area contributed by atoms with E-state index in [1.165, 1.54) is 10.6 Å². The Hall–Kier alpha value is -1.06. The molecule has 0 aromatic heterocycles. The van der Waals surface area contributed by atoms with Gasteiger partial charge in [-0.05, 0) is 0 Å². The van der Waals surface area contributed by atoms with Gasteiger partial charge in [-0.15, -0.1) is 0 Å². The summed E-state index contributed by atoms with van der Waals surface area (Å²) in [5, 5.41) is 2.62. The molecule has 0 fully saturated rings. The fourth-order valence-corrected chi connectivity index (χ4v) is 1.30. The highest BCUT2D eigenvalue weighted by Gasteiger charge is 2.73. The predicted octanol–water partition coefficient (Wildman–Crippen LogP) is 3.83. The smallest absolute Gasteiger partial charge is 0.310 e. The largest absolute Gasteiger partial charge is 0.459 e. The SMILES string of the molecule is FC(F)(F)C(F)(F)C(F)(F)CNCCNCC(F)(F)C(F)(F)C(F)(F)F. The van der Waals surface area contributed by atoms with Gasteiger partial charge in [0.1, 0.15) is 0 Å². The number of alkyl halides is 14. The first-order valence-electron chi connectivity index (χ1n) is 6.27. The Labute approximate surface area is 135 Å². The Morgan fingerprint density at radius 3 is 0.846 bits per heavy atom. The van der Waals surface area contributed by atoms with Crippen LogP contribution in [0.3, 0.4) is 0 Å². The monoisotopic (exact) mass is 424 g/mol. The summed E-state index contributed by atoms with van der Waals surface area (Å²) in [6, 6.07) is 0. The second kappa shape index (κ2) is 7.52. The molecule has 0 heterocycles. The number of hydrogen-bond donors (Lipinski definition) is 2. The summed E-state index contributed by atoms with van der Waals surface area (Å²) in [6.07, 6.45) is -13.2. The van der Waals surface area contributed by atoms with Gasteiger partial charge in [-0.25, -0.2) is 0 Å². The van der Waals surface area contributed by atoms with Gasteiger partial charge in [-0.3, -0.25) is 0 Å². The summed E-state index contributed by atoms with van der Waals surface area (Å²) < 4.78 is 172. The quantitative estimate of drug-likeness (QED) is 0.435. The van der Waals surface area contributed by atoms with Gasteiger partial charge in [-0.2, -0.15) is 61.5 Å². The highest BCUT2D eigenvalue weighted by atomic mass is 19.4. The number of nitrogens with one attached hydrogen (secondary N) is 2. The minimum absolute atomic E-state index is 1.02. The van der Waals surface area contributed by atoms with Gasteiger partial charge in [0.15, 0.2) is 0 Å². The molecular formula is C10H10F14N2. The third kappa shape index (κ3) is 5.23. The fourth-order valence-electron chi connectivity index (χ4n) is 1.30. The zero-order chi connectivity index (χ0) is 21.2. The molecule has 0 aliphatic carbocycles. The highest BCUT2D eigenvalue weighted by molar-refractivity contribution is 4.93. The Morgan fingerprint density at radius 1 is 0.423 bits per heavy atom. The summed E-state index contributed by atoms with van der Waals surface area (Å²) in [6.45, 7) is -6.57. The van der Waals surface area contributed by atoms with Crippen LogP contribution in [-0.4, -0.2) is 62.2 Å². The summed E-state index contributed by atoms with van der Waals surface area (Å²) in [5.74, 6) is -24.1. The molecule has 0 aromatic carbocycles. The highest BCUT2D eigenvalue weighted by Crippen LogP contribution is 2.47. The number of rotatable bonds is 9. The molecule has 0 rings (SSSR count). The summed E-state index contributed by atoms with van der Waals surface area (Å²) >= 11 is 0. The van der Waals surface area contributed by atoms with Crippen molar-refractivity contribution in [2.75, 3.05) is 26.2 Å². The minimum Gasteiger partial charge on any atom is -0.310 e. The van der Waals surface area contributed by atoms with Gasteiger partial charge < -0.3 is 10.6 Å². The number of hydrogen-bond acceptors (Lipinski definition) is 2. The Kier molecular flexibility index (Phi) is 7.21. The zero-order valence-electron chi connectivity index (χ0n) is 12.1. The van der Waals surface area contributed by atoms with Gasteiger partial charge in [0.05, 0.1) is 13.1 Å².